The maximum Gasteiger partial charge on any atom is 0.391 e. The minimum atomic E-state index is -4.16. The number of pyridine rings is 1. The van der Waals surface area contributed by atoms with Gasteiger partial charge < -0.3 is 5.32 Å². The molecule has 20 heavy (non-hydrogen) atoms. The molecular weight excluding hydrogens is 276 g/mol. The Balaban J connectivity index is 1.86. The number of hydrogen-bond donors (Lipinski definition) is 1. The Hall–Kier alpha value is -1.66. The van der Waals surface area contributed by atoms with Crippen molar-refractivity contribution in [3.05, 3.63) is 29.8 Å². The van der Waals surface area contributed by atoms with Gasteiger partial charge in [0, 0.05) is 12.2 Å². The molecule has 1 aliphatic rings. The first-order chi connectivity index (χ1) is 9.36. The summed E-state index contributed by atoms with van der Waals surface area (Å²) in [5.41, 5.74) is 0.198. The van der Waals surface area contributed by atoms with E-state index in [-0.39, 0.29) is 24.4 Å². The third-order valence-electron chi connectivity index (χ3n) is 3.51. The van der Waals surface area contributed by atoms with Crippen LogP contribution in [0.4, 0.5) is 17.6 Å². The van der Waals surface area contributed by atoms with Crippen LogP contribution in [0.2, 0.25) is 0 Å². The highest BCUT2D eigenvalue weighted by Gasteiger charge is 2.41. The van der Waals surface area contributed by atoms with Crippen LogP contribution >= 0.6 is 0 Å². The van der Waals surface area contributed by atoms with E-state index in [2.05, 4.69) is 10.3 Å². The molecule has 1 fully saturated rings. The molecule has 1 amide bonds. The first kappa shape index (κ1) is 14.7. The summed E-state index contributed by atoms with van der Waals surface area (Å²) in [5.74, 6) is -2.40. The Kier molecular flexibility index (Phi) is 4.25. The van der Waals surface area contributed by atoms with Crippen LogP contribution in [0, 0.1) is 11.9 Å². The van der Waals surface area contributed by atoms with Gasteiger partial charge in [-0.3, -0.25) is 4.79 Å². The van der Waals surface area contributed by atoms with Crippen LogP contribution in [0.3, 0.4) is 0 Å². The number of amides is 1. The first-order valence-electron chi connectivity index (χ1n) is 6.35. The third kappa shape index (κ3) is 3.68. The normalized spacial score (nSPS) is 23.4. The van der Waals surface area contributed by atoms with E-state index in [0.29, 0.717) is 12.8 Å². The van der Waals surface area contributed by atoms with Gasteiger partial charge in [0.15, 0.2) is 0 Å². The van der Waals surface area contributed by atoms with Crippen molar-refractivity contribution in [3.8, 4) is 0 Å². The number of halogens is 4. The highest BCUT2D eigenvalue weighted by Crippen LogP contribution is 2.37. The smallest absolute Gasteiger partial charge is 0.349 e. The van der Waals surface area contributed by atoms with E-state index in [0.717, 1.165) is 12.3 Å². The number of hydrogen-bond acceptors (Lipinski definition) is 2. The Morgan fingerprint density at radius 2 is 1.85 bits per heavy atom. The third-order valence-corrected chi connectivity index (χ3v) is 3.51. The van der Waals surface area contributed by atoms with Gasteiger partial charge >= 0.3 is 6.18 Å². The summed E-state index contributed by atoms with van der Waals surface area (Å²) in [4.78, 5) is 15.2. The maximum absolute atomic E-state index is 12.6. The molecular formula is C13H14F4N2O. The van der Waals surface area contributed by atoms with Crippen LogP contribution < -0.4 is 5.32 Å². The van der Waals surface area contributed by atoms with Crippen molar-refractivity contribution >= 4 is 5.91 Å². The lowest BCUT2D eigenvalue weighted by atomic mass is 9.85. The molecule has 0 saturated heterocycles. The summed E-state index contributed by atoms with van der Waals surface area (Å²) in [6.07, 6.45) is -2.41. The van der Waals surface area contributed by atoms with Crippen molar-refractivity contribution in [3.63, 3.8) is 0 Å². The average Bonchev–Trinajstić information content (AvgIpc) is 2.39. The van der Waals surface area contributed by atoms with Crippen LogP contribution in [0.1, 0.15) is 36.0 Å². The van der Waals surface area contributed by atoms with Gasteiger partial charge in [0.05, 0.1) is 11.5 Å². The van der Waals surface area contributed by atoms with Gasteiger partial charge in [-0.05, 0) is 37.8 Å². The molecule has 1 heterocycles. The van der Waals surface area contributed by atoms with Crippen molar-refractivity contribution in [2.45, 2.75) is 37.9 Å². The molecule has 0 aliphatic heterocycles. The first-order valence-corrected chi connectivity index (χ1v) is 6.35. The molecule has 0 bridgehead atoms. The van der Waals surface area contributed by atoms with Crippen LogP contribution in [0.5, 0.6) is 0 Å². The van der Waals surface area contributed by atoms with Gasteiger partial charge in [-0.1, -0.05) is 0 Å². The molecule has 0 atom stereocenters. The zero-order chi connectivity index (χ0) is 14.8. The summed E-state index contributed by atoms with van der Waals surface area (Å²) in [5, 5.41) is 2.66. The van der Waals surface area contributed by atoms with Crippen molar-refractivity contribution in [1.82, 2.24) is 10.3 Å². The predicted octanol–water partition coefficient (Wildman–Crippen LogP) is 3.07. The SMILES string of the molecule is O=C(NC1CCC(C(F)(F)F)CC1)c1ccc(F)nc1. The number of aromatic nitrogens is 1. The zero-order valence-corrected chi connectivity index (χ0v) is 10.6. The van der Waals surface area contributed by atoms with E-state index in [9.17, 15) is 22.4 Å². The second-order valence-electron chi connectivity index (χ2n) is 4.93. The quantitative estimate of drug-likeness (QED) is 0.672. The molecule has 110 valence electrons. The molecule has 1 N–H and O–H groups in total. The second kappa shape index (κ2) is 5.76. The molecule has 1 saturated carbocycles. The molecule has 0 unspecified atom stereocenters. The number of carbonyl (C=O) groups excluding carboxylic acids is 1. The average molecular weight is 290 g/mol. The van der Waals surface area contributed by atoms with Crippen molar-refractivity contribution in [1.29, 1.82) is 0 Å². The van der Waals surface area contributed by atoms with Crippen LogP contribution in [-0.2, 0) is 0 Å². The van der Waals surface area contributed by atoms with Crippen LogP contribution in [0.15, 0.2) is 18.3 Å². The van der Waals surface area contributed by atoms with Gasteiger partial charge in [0.25, 0.3) is 5.91 Å². The van der Waals surface area contributed by atoms with E-state index < -0.39 is 23.9 Å². The Labute approximate surface area is 113 Å². The zero-order valence-electron chi connectivity index (χ0n) is 10.6. The Morgan fingerprint density at radius 3 is 2.35 bits per heavy atom. The molecule has 3 nitrogen and oxygen atoms in total. The lowest BCUT2D eigenvalue weighted by molar-refractivity contribution is -0.182. The minimum Gasteiger partial charge on any atom is -0.349 e. The van der Waals surface area contributed by atoms with E-state index >= 15 is 0 Å². The molecule has 1 aliphatic carbocycles. The van der Waals surface area contributed by atoms with E-state index in [4.69, 9.17) is 0 Å². The fourth-order valence-electron chi connectivity index (χ4n) is 2.34. The van der Waals surface area contributed by atoms with Gasteiger partial charge in [-0.15, -0.1) is 0 Å². The minimum absolute atomic E-state index is 0.0239. The number of rotatable bonds is 2. The van der Waals surface area contributed by atoms with Crippen LogP contribution in [-0.4, -0.2) is 23.1 Å². The van der Waals surface area contributed by atoms with Gasteiger partial charge in [-0.2, -0.15) is 17.6 Å². The van der Waals surface area contributed by atoms with E-state index in [1.165, 1.54) is 6.07 Å². The summed E-state index contributed by atoms with van der Waals surface area (Å²) >= 11 is 0. The van der Waals surface area contributed by atoms with E-state index in [1.54, 1.807) is 0 Å². The summed E-state index contributed by atoms with van der Waals surface area (Å²) < 4.78 is 50.1. The highest BCUT2D eigenvalue weighted by molar-refractivity contribution is 5.94. The maximum atomic E-state index is 12.6. The number of nitrogens with one attached hydrogen (secondary N) is 1. The standard InChI is InChI=1S/C13H14F4N2O/c14-11-6-1-8(7-18-11)12(20)19-10-4-2-9(3-5-10)13(15,16)17/h1,6-7,9-10H,2-5H2,(H,19,20). The topological polar surface area (TPSA) is 42.0 Å². The molecule has 0 aromatic carbocycles. The molecule has 2 rings (SSSR count). The molecule has 1 aromatic heterocycles. The number of carbonyl (C=O) groups is 1. The second-order valence-corrected chi connectivity index (χ2v) is 4.93. The lowest BCUT2D eigenvalue weighted by Gasteiger charge is -2.30. The van der Waals surface area contributed by atoms with Crippen molar-refractivity contribution in [2.24, 2.45) is 5.92 Å². The monoisotopic (exact) mass is 290 g/mol. The summed E-state index contributed by atoms with van der Waals surface area (Å²) in [6, 6.07) is 2.08. The van der Waals surface area contributed by atoms with E-state index in [1.807, 2.05) is 0 Å². The van der Waals surface area contributed by atoms with Crippen molar-refractivity contribution in [2.75, 3.05) is 0 Å². The Bertz CT molecular complexity index is 464. The largest absolute Gasteiger partial charge is 0.391 e. The van der Waals surface area contributed by atoms with Gasteiger partial charge in [0.1, 0.15) is 0 Å². The molecule has 0 spiro atoms. The predicted molar refractivity (Wildman–Crippen MR) is 63.5 cm³/mol. The van der Waals surface area contributed by atoms with Gasteiger partial charge in [-0.25, -0.2) is 4.98 Å². The lowest BCUT2D eigenvalue weighted by Crippen LogP contribution is -2.40. The van der Waals surface area contributed by atoms with Crippen LogP contribution in [0.25, 0.3) is 0 Å². The Morgan fingerprint density at radius 1 is 1.20 bits per heavy atom. The number of nitrogens with zero attached hydrogens (tertiary/aromatic N) is 1. The fourth-order valence-corrected chi connectivity index (χ4v) is 2.34. The summed E-state index contributed by atoms with van der Waals surface area (Å²) in [7, 11) is 0. The fraction of sp³-hybridized carbons (Fsp3) is 0.538. The highest BCUT2D eigenvalue weighted by atomic mass is 19.4. The molecule has 7 heteroatoms. The van der Waals surface area contributed by atoms with Gasteiger partial charge in [0.2, 0.25) is 5.95 Å². The molecule has 1 aromatic rings. The van der Waals surface area contributed by atoms with Crippen molar-refractivity contribution < 1.29 is 22.4 Å². The summed E-state index contributed by atoms with van der Waals surface area (Å²) in [6.45, 7) is 0. The number of alkyl halides is 3. The molecule has 0 radical (unpaired) electrons.